The number of nitrogens with two attached hydrogens (primary N) is 2. The molecule has 0 bridgehead atoms. The number of allylic oxidation sites excluding steroid dienone is 1. The Morgan fingerprint density at radius 1 is 1.43 bits per heavy atom. The maximum Gasteiger partial charge on any atom is 0.218 e. The third-order valence-electron chi connectivity index (χ3n) is 5.15. The fourth-order valence-corrected chi connectivity index (χ4v) is 3.81. The first-order chi connectivity index (χ1) is 14.5. The van der Waals surface area contributed by atoms with Crippen LogP contribution in [0.2, 0.25) is 5.02 Å². The lowest BCUT2D eigenvalue weighted by Gasteiger charge is -2.27. The molecule has 0 aromatic carbocycles. The van der Waals surface area contributed by atoms with Gasteiger partial charge in [-0.3, -0.25) is 4.90 Å². The van der Waals surface area contributed by atoms with Crippen molar-refractivity contribution in [3.05, 3.63) is 44.8 Å². The Labute approximate surface area is 192 Å². The second-order valence-corrected chi connectivity index (χ2v) is 9.10. The van der Waals surface area contributed by atoms with Crippen molar-refractivity contribution < 1.29 is 9.47 Å². The Hall–Kier alpha value is -1.32. The van der Waals surface area contributed by atoms with Crippen LogP contribution in [0.5, 0.6) is 5.88 Å². The molecule has 1 saturated heterocycles. The van der Waals surface area contributed by atoms with Crippen molar-refractivity contribution in [1.82, 2.24) is 14.9 Å². The molecule has 0 radical (unpaired) electrons. The number of pyridine rings is 1. The zero-order valence-corrected chi connectivity index (χ0v) is 19.8. The van der Waals surface area contributed by atoms with E-state index >= 15 is 0 Å². The molecule has 0 atom stereocenters. The predicted octanol–water partition coefficient (Wildman–Crippen LogP) is 3.39. The molecule has 9 heteroatoms. The van der Waals surface area contributed by atoms with Gasteiger partial charge in [0.2, 0.25) is 5.88 Å². The van der Waals surface area contributed by atoms with Crippen molar-refractivity contribution in [3.8, 4) is 5.88 Å². The van der Waals surface area contributed by atoms with Gasteiger partial charge in [-0.15, -0.1) is 0 Å². The van der Waals surface area contributed by atoms with Crippen molar-refractivity contribution in [3.63, 3.8) is 0 Å². The van der Waals surface area contributed by atoms with E-state index in [1.54, 1.807) is 11.2 Å². The van der Waals surface area contributed by atoms with Crippen LogP contribution < -0.4 is 16.3 Å². The minimum atomic E-state index is 0.259. The van der Waals surface area contributed by atoms with E-state index in [0.29, 0.717) is 29.1 Å². The second-order valence-electron chi connectivity index (χ2n) is 7.71. The number of ether oxygens (including phenoxy) is 2. The maximum atomic E-state index is 6.42. The molecule has 2 aliphatic rings. The Morgan fingerprint density at radius 2 is 2.17 bits per heavy atom. The summed E-state index contributed by atoms with van der Waals surface area (Å²) in [4.78, 5) is 6.69. The molecule has 1 aromatic rings. The number of rotatable bonds is 10. The van der Waals surface area contributed by atoms with Gasteiger partial charge in [-0.1, -0.05) is 24.6 Å². The van der Waals surface area contributed by atoms with Gasteiger partial charge in [0.15, 0.2) is 0 Å². The third kappa shape index (κ3) is 6.85. The monoisotopic (exact) mass is 499 g/mol. The highest BCUT2D eigenvalue weighted by Crippen LogP contribution is 2.31. The first-order valence-electron chi connectivity index (χ1n) is 10.4. The summed E-state index contributed by atoms with van der Waals surface area (Å²) in [5, 5.41) is 2.34. The predicted molar refractivity (Wildman–Crippen MR) is 123 cm³/mol. The molecule has 1 aliphatic carbocycles. The Morgan fingerprint density at radius 3 is 2.83 bits per heavy atom. The summed E-state index contributed by atoms with van der Waals surface area (Å²) in [5.41, 5.74) is 8.78. The molecule has 3 rings (SSSR count). The van der Waals surface area contributed by atoms with Crippen LogP contribution in [0.15, 0.2) is 34.2 Å². The van der Waals surface area contributed by atoms with Crippen molar-refractivity contribution in [2.24, 2.45) is 17.5 Å². The Balaban J connectivity index is 1.68. The van der Waals surface area contributed by atoms with Crippen LogP contribution in [0.1, 0.15) is 31.7 Å². The molecule has 0 spiro atoms. The standard InChI is InChI=1S/C21H31BrClN5O2/c1-2-3-19(28(25)12-15-4-5-15)20(24)18(22)14-30-21-16(10-17(23)11-26-21)13-27-6-8-29-9-7-27/h3,10-11,15H,2,4-9,12-14,24-25H2,1H3/b19-3+,20-18-. The molecule has 2 fully saturated rings. The molecule has 0 unspecified atom stereocenters. The Kier molecular flexibility index (Phi) is 8.83. The van der Waals surface area contributed by atoms with Crippen LogP contribution in [-0.4, -0.2) is 54.3 Å². The lowest BCUT2D eigenvalue weighted by Crippen LogP contribution is -2.35. The van der Waals surface area contributed by atoms with E-state index < -0.39 is 0 Å². The van der Waals surface area contributed by atoms with Crippen molar-refractivity contribution in [2.45, 2.75) is 32.7 Å². The number of halogens is 2. The lowest BCUT2D eigenvalue weighted by atomic mass is 10.2. The molecular weight excluding hydrogens is 470 g/mol. The van der Waals surface area contributed by atoms with Crippen molar-refractivity contribution in [2.75, 3.05) is 39.5 Å². The van der Waals surface area contributed by atoms with Gasteiger partial charge in [0.25, 0.3) is 0 Å². The molecule has 1 aliphatic heterocycles. The molecule has 1 saturated carbocycles. The van der Waals surface area contributed by atoms with E-state index in [1.165, 1.54) is 12.8 Å². The summed E-state index contributed by atoms with van der Waals surface area (Å²) in [6.45, 7) is 7.07. The minimum absolute atomic E-state index is 0.259. The molecule has 2 heterocycles. The van der Waals surface area contributed by atoms with Gasteiger partial charge in [0.05, 0.1) is 34.1 Å². The van der Waals surface area contributed by atoms with Crippen molar-refractivity contribution in [1.29, 1.82) is 0 Å². The average molecular weight is 501 g/mol. The summed E-state index contributed by atoms with van der Waals surface area (Å²) in [6, 6.07) is 1.90. The zero-order valence-electron chi connectivity index (χ0n) is 17.4. The van der Waals surface area contributed by atoms with Crippen LogP contribution in [0.3, 0.4) is 0 Å². The fraction of sp³-hybridized carbons (Fsp3) is 0.571. The summed E-state index contributed by atoms with van der Waals surface area (Å²) < 4.78 is 12.2. The van der Waals surface area contributed by atoms with E-state index in [-0.39, 0.29) is 6.61 Å². The number of hydrogen-bond acceptors (Lipinski definition) is 7. The molecule has 7 nitrogen and oxygen atoms in total. The molecule has 4 N–H and O–H groups in total. The smallest absolute Gasteiger partial charge is 0.218 e. The zero-order chi connectivity index (χ0) is 21.5. The van der Waals surface area contributed by atoms with Crippen LogP contribution in [0.4, 0.5) is 0 Å². The van der Waals surface area contributed by atoms with Gasteiger partial charge in [0, 0.05) is 37.9 Å². The van der Waals surface area contributed by atoms with Gasteiger partial charge in [0.1, 0.15) is 6.61 Å². The molecule has 30 heavy (non-hydrogen) atoms. The van der Waals surface area contributed by atoms with Crippen LogP contribution in [-0.2, 0) is 11.3 Å². The summed E-state index contributed by atoms with van der Waals surface area (Å²) in [6.07, 6.45) is 6.95. The van der Waals surface area contributed by atoms with Crippen LogP contribution in [0.25, 0.3) is 0 Å². The normalized spacial score (nSPS) is 18.9. The van der Waals surface area contributed by atoms with Gasteiger partial charge in [-0.2, -0.15) is 0 Å². The molecule has 0 amide bonds. The van der Waals surface area contributed by atoms with Crippen LogP contribution >= 0.6 is 27.5 Å². The fourth-order valence-electron chi connectivity index (χ4n) is 3.31. The van der Waals surface area contributed by atoms with Gasteiger partial charge in [-0.25, -0.2) is 10.8 Å². The molecule has 1 aromatic heterocycles. The Bertz CT molecular complexity index is 779. The topological polar surface area (TPSA) is 89.9 Å². The highest BCUT2D eigenvalue weighted by Gasteiger charge is 2.25. The lowest BCUT2D eigenvalue weighted by molar-refractivity contribution is 0.0337. The highest BCUT2D eigenvalue weighted by molar-refractivity contribution is 9.11. The van der Waals surface area contributed by atoms with E-state index in [4.69, 9.17) is 32.7 Å². The van der Waals surface area contributed by atoms with Crippen LogP contribution in [0, 0.1) is 5.92 Å². The van der Waals surface area contributed by atoms with E-state index in [0.717, 1.165) is 55.0 Å². The van der Waals surface area contributed by atoms with E-state index in [1.807, 2.05) is 12.1 Å². The first kappa shape index (κ1) is 23.3. The first-order valence-corrected chi connectivity index (χ1v) is 11.6. The number of nitrogens with zero attached hydrogens (tertiary/aromatic N) is 3. The number of hydrazine groups is 1. The summed E-state index contributed by atoms with van der Waals surface area (Å²) >= 11 is 9.76. The molecule has 166 valence electrons. The van der Waals surface area contributed by atoms with Gasteiger partial charge >= 0.3 is 0 Å². The highest BCUT2D eigenvalue weighted by atomic mass is 79.9. The van der Waals surface area contributed by atoms with Crippen molar-refractivity contribution >= 4 is 27.5 Å². The number of aromatic nitrogens is 1. The average Bonchev–Trinajstić information content (AvgIpc) is 3.55. The molecular formula is C21H31BrClN5O2. The van der Waals surface area contributed by atoms with Gasteiger partial charge in [-0.05, 0) is 47.2 Å². The number of hydrogen-bond donors (Lipinski definition) is 2. The van der Waals surface area contributed by atoms with Gasteiger partial charge < -0.3 is 20.2 Å². The third-order valence-corrected chi connectivity index (χ3v) is 6.01. The summed E-state index contributed by atoms with van der Waals surface area (Å²) in [7, 11) is 0. The van der Waals surface area contributed by atoms with E-state index in [9.17, 15) is 0 Å². The SMILES string of the molecule is CC/C=C(\C(N)=C(\Br)COc1ncc(Cl)cc1CN1CCOCC1)N(N)CC1CC1. The minimum Gasteiger partial charge on any atom is -0.472 e. The summed E-state index contributed by atoms with van der Waals surface area (Å²) in [5.74, 6) is 7.50. The van der Waals surface area contributed by atoms with E-state index in [2.05, 4.69) is 32.7 Å². The largest absolute Gasteiger partial charge is 0.472 e. The second kappa shape index (κ2) is 11.3. The maximum absolute atomic E-state index is 6.42. The number of morpholine rings is 1. The quantitative estimate of drug-likeness (QED) is 0.289.